The van der Waals surface area contributed by atoms with E-state index in [9.17, 15) is 17.6 Å². The van der Waals surface area contributed by atoms with Crippen LogP contribution in [0.4, 0.5) is 10.2 Å². The van der Waals surface area contributed by atoms with Gasteiger partial charge in [-0.2, -0.15) is 5.10 Å². The number of anilines is 1. The van der Waals surface area contributed by atoms with Crippen molar-refractivity contribution in [3.8, 4) is 0 Å². The first-order valence-electron chi connectivity index (χ1n) is 7.21. The second kappa shape index (κ2) is 6.11. The molecule has 0 spiro atoms. The first kappa shape index (κ1) is 15.7. The van der Waals surface area contributed by atoms with Gasteiger partial charge in [0.15, 0.2) is 9.84 Å². The number of aromatic nitrogens is 2. The summed E-state index contributed by atoms with van der Waals surface area (Å²) < 4.78 is 37.8. The highest BCUT2D eigenvalue weighted by Gasteiger charge is 2.30. The molecule has 0 bridgehead atoms. The molecule has 0 aliphatic carbocycles. The quantitative estimate of drug-likeness (QED) is 0.918. The number of hydrogen-bond acceptors (Lipinski definition) is 4. The van der Waals surface area contributed by atoms with Crippen LogP contribution in [0.5, 0.6) is 0 Å². The maximum Gasteiger partial charge on any atom is 0.229 e. The molecule has 0 saturated carbocycles. The molecule has 0 unspecified atom stereocenters. The van der Waals surface area contributed by atoms with Gasteiger partial charge >= 0.3 is 0 Å². The second-order valence-electron chi connectivity index (χ2n) is 5.57. The third-order valence-corrected chi connectivity index (χ3v) is 5.50. The lowest BCUT2D eigenvalue weighted by molar-refractivity contribution is -0.115. The van der Waals surface area contributed by atoms with Crippen molar-refractivity contribution in [2.24, 2.45) is 0 Å². The van der Waals surface area contributed by atoms with Gasteiger partial charge in [-0.05, 0) is 24.1 Å². The molecule has 1 amide bonds. The highest BCUT2D eigenvalue weighted by molar-refractivity contribution is 7.91. The van der Waals surface area contributed by atoms with Crippen LogP contribution in [-0.4, -0.2) is 35.6 Å². The zero-order chi connectivity index (χ0) is 16.4. The minimum atomic E-state index is -3.04. The lowest BCUT2D eigenvalue weighted by atomic mass is 10.1. The molecule has 1 aromatic carbocycles. The Morgan fingerprint density at radius 3 is 2.91 bits per heavy atom. The van der Waals surface area contributed by atoms with E-state index >= 15 is 0 Å². The first-order chi connectivity index (χ1) is 10.9. The van der Waals surface area contributed by atoms with Crippen molar-refractivity contribution in [3.63, 3.8) is 0 Å². The largest absolute Gasteiger partial charge is 0.311 e. The van der Waals surface area contributed by atoms with E-state index in [1.807, 2.05) is 0 Å². The van der Waals surface area contributed by atoms with Crippen LogP contribution in [0, 0.1) is 5.82 Å². The van der Waals surface area contributed by atoms with Gasteiger partial charge in [0.05, 0.1) is 30.2 Å². The van der Waals surface area contributed by atoms with Gasteiger partial charge < -0.3 is 5.32 Å². The molecule has 8 heteroatoms. The Balaban J connectivity index is 1.69. The molecule has 2 heterocycles. The lowest BCUT2D eigenvalue weighted by Crippen LogP contribution is -2.20. The summed E-state index contributed by atoms with van der Waals surface area (Å²) in [4.78, 5) is 12.1. The molecular formula is C15H16FN3O3S. The molecule has 3 rings (SSSR count). The van der Waals surface area contributed by atoms with Crippen LogP contribution < -0.4 is 5.32 Å². The Kier molecular flexibility index (Phi) is 4.16. The number of hydrogen-bond donors (Lipinski definition) is 1. The third kappa shape index (κ3) is 3.76. The fraction of sp³-hybridized carbons (Fsp3) is 0.333. The van der Waals surface area contributed by atoms with Crippen molar-refractivity contribution in [1.29, 1.82) is 0 Å². The molecule has 1 atom stereocenters. The van der Waals surface area contributed by atoms with Gasteiger partial charge in [0.2, 0.25) is 5.91 Å². The normalized spacial score (nSPS) is 19.6. The van der Waals surface area contributed by atoms with E-state index in [0.717, 1.165) is 0 Å². The van der Waals surface area contributed by atoms with Gasteiger partial charge in [-0.1, -0.05) is 12.1 Å². The van der Waals surface area contributed by atoms with Crippen LogP contribution in [0.25, 0.3) is 0 Å². The zero-order valence-electron chi connectivity index (χ0n) is 12.3. The number of carbonyl (C=O) groups excluding carboxylic acids is 1. The van der Waals surface area contributed by atoms with Crippen LogP contribution in [0.2, 0.25) is 0 Å². The van der Waals surface area contributed by atoms with Crippen LogP contribution in [0.15, 0.2) is 36.5 Å². The topological polar surface area (TPSA) is 81.1 Å². The molecule has 1 N–H and O–H groups in total. The van der Waals surface area contributed by atoms with Gasteiger partial charge in [-0.3, -0.25) is 4.79 Å². The van der Waals surface area contributed by atoms with Crippen molar-refractivity contribution >= 4 is 21.6 Å². The molecule has 1 saturated heterocycles. The number of amides is 1. The van der Waals surface area contributed by atoms with E-state index in [2.05, 4.69) is 10.4 Å². The molecule has 2 aromatic rings. The van der Waals surface area contributed by atoms with Gasteiger partial charge in [0, 0.05) is 6.07 Å². The zero-order valence-corrected chi connectivity index (χ0v) is 13.1. The van der Waals surface area contributed by atoms with Crippen molar-refractivity contribution in [2.75, 3.05) is 16.8 Å². The monoisotopic (exact) mass is 337 g/mol. The lowest BCUT2D eigenvalue weighted by Gasteiger charge is -2.13. The number of rotatable bonds is 4. The molecule has 122 valence electrons. The Bertz CT molecular complexity index is 832. The minimum absolute atomic E-state index is 0.0292. The van der Waals surface area contributed by atoms with Crippen molar-refractivity contribution in [3.05, 3.63) is 47.9 Å². The van der Waals surface area contributed by atoms with Gasteiger partial charge in [0.25, 0.3) is 0 Å². The van der Waals surface area contributed by atoms with Crippen LogP contribution in [-0.2, 0) is 21.1 Å². The number of halogens is 1. The Morgan fingerprint density at radius 2 is 2.22 bits per heavy atom. The van der Waals surface area contributed by atoms with E-state index in [1.165, 1.54) is 23.0 Å². The number of nitrogens with zero attached hydrogens (tertiary/aromatic N) is 2. The van der Waals surface area contributed by atoms with Crippen LogP contribution in [0.3, 0.4) is 0 Å². The fourth-order valence-corrected chi connectivity index (χ4v) is 4.38. The SMILES string of the molecule is O=C(Cc1cccc(F)c1)Nc1ccnn1[C@@H]1CCS(=O)(=O)C1. The van der Waals surface area contributed by atoms with Crippen molar-refractivity contribution in [1.82, 2.24) is 9.78 Å². The fourth-order valence-electron chi connectivity index (χ4n) is 2.69. The van der Waals surface area contributed by atoms with Crippen LogP contribution >= 0.6 is 0 Å². The standard InChI is InChI=1S/C15H16FN3O3S/c16-12-3-1-2-11(8-12)9-15(20)18-14-4-6-17-19(14)13-5-7-23(21,22)10-13/h1-4,6,8,13H,5,7,9-10H2,(H,18,20)/t13-/m1/s1. The van der Waals surface area contributed by atoms with Gasteiger partial charge in [-0.15, -0.1) is 0 Å². The number of carbonyl (C=O) groups is 1. The second-order valence-corrected chi connectivity index (χ2v) is 7.80. The predicted molar refractivity (Wildman–Crippen MR) is 83.3 cm³/mol. The van der Waals surface area contributed by atoms with E-state index in [0.29, 0.717) is 17.8 Å². The van der Waals surface area contributed by atoms with E-state index in [1.54, 1.807) is 18.2 Å². The summed E-state index contributed by atoms with van der Waals surface area (Å²) in [5.41, 5.74) is 0.567. The van der Waals surface area contributed by atoms with Crippen molar-refractivity contribution < 1.29 is 17.6 Å². The molecule has 23 heavy (non-hydrogen) atoms. The number of nitrogens with one attached hydrogen (secondary N) is 1. The number of benzene rings is 1. The summed E-state index contributed by atoms with van der Waals surface area (Å²) in [6.45, 7) is 0. The summed E-state index contributed by atoms with van der Waals surface area (Å²) in [6.07, 6.45) is 2.03. The number of sulfone groups is 1. The minimum Gasteiger partial charge on any atom is -0.311 e. The molecule has 1 aliphatic heterocycles. The molecule has 0 radical (unpaired) electrons. The molecule has 6 nitrogen and oxygen atoms in total. The average molecular weight is 337 g/mol. The Hall–Kier alpha value is -2.22. The first-order valence-corrected chi connectivity index (χ1v) is 9.03. The highest BCUT2D eigenvalue weighted by atomic mass is 32.2. The summed E-state index contributed by atoms with van der Waals surface area (Å²) >= 11 is 0. The summed E-state index contributed by atoms with van der Waals surface area (Å²) in [5.74, 6) is -0.0847. The molecule has 1 fully saturated rings. The summed E-state index contributed by atoms with van der Waals surface area (Å²) in [6, 6.07) is 7.19. The summed E-state index contributed by atoms with van der Waals surface area (Å²) in [5, 5.41) is 6.82. The molecule has 1 aliphatic rings. The van der Waals surface area contributed by atoms with Crippen LogP contribution in [0.1, 0.15) is 18.0 Å². The molecular weight excluding hydrogens is 321 g/mol. The summed E-state index contributed by atoms with van der Waals surface area (Å²) in [7, 11) is -3.04. The average Bonchev–Trinajstić information content (AvgIpc) is 3.04. The van der Waals surface area contributed by atoms with E-state index in [-0.39, 0.29) is 29.9 Å². The van der Waals surface area contributed by atoms with Gasteiger partial charge in [0.1, 0.15) is 11.6 Å². The van der Waals surface area contributed by atoms with E-state index < -0.39 is 15.7 Å². The Labute approximate surface area is 133 Å². The third-order valence-electron chi connectivity index (χ3n) is 3.75. The maximum atomic E-state index is 13.1. The van der Waals surface area contributed by atoms with Crippen molar-refractivity contribution in [2.45, 2.75) is 18.9 Å². The highest BCUT2D eigenvalue weighted by Crippen LogP contribution is 2.26. The van der Waals surface area contributed by atoms with Gasteiger partial charge in [-0.25, -0.2) is 17.5 Å². The maximum absolute atomic E-state index is 13.1. The predicted octanol–water partition coefficient (Wildman–Crippen LogP) is 1.56. The molecule has 1 aromatic heterocycles. The van der Waals surface area contributed by atoms with E-state index in [4.69, 9.17) is 0 Å². The smallest absolute Gasteiger partial charge is 0.229 e. The Morgan fingerprint density at radius 1 is 1.39 bits per heavy atom.